The van der Waals surface area contributed by atoms with Gasteiger partial charge >= 0.3 is 29.8 Å². The molecule has 0 radical (unpaired) electrons. The number of hydrogen-bond donors (Lipinski definition) is 0. The van der Waals surface area contributed by atoms with Crippen LogP contribution in [0.15, 0.2) is 54.6 Å². The second-order valence-electron chi connectivity index (χ2n) is 17.5. The van der Waals surface area contributed by atoms with Crippen LogP contribution in [0.25, 0.3) is 11.1 Å². The molecule has 0 bridgehead atoms. The molecular weight excluding hydrogens is 797 g/mol. The zero-order valence-corrected chi connectivity index (χ0v) is 37.1. The SMILES string of the molecule is C=C(C)C(=O)OCC(COC(=O)C(=O)OC)(COC(=O)C(=O)OC)COc1ccc(-c2ccc(OCC3CCC(C4CCC(CCCCC)CC4)CC3)cc2)cc1CCC1CO1. The largest absolute Gasteiger partial charge is 0.493 e. The van der Waals surface area contributed by atoms with Gasteiger partial charge in [-0.15, -0.1) is 0 Å². The van der Waals surface area contributed by atoms with Crippen molar-refractivity contribution in [2.45, 2.75) is 110 Å². The molecule has 2 aromatic carbocycles. The van der Waals surface area contributed by atoms with E-state index in [1.165, 1.54) is 84.0 Å². The molecule has 1 unspecified atom stereocenters. The topological polar surface area (TPSA) is 162 Å². The van der Waals surface area contributed by atoms with Gasteiger partial charge in [-0.1, -0.05) is 70.2 Å². The number of methoxy groups -OCH3 is 2. The summed E-state index contributed by atoms with van der Waals surface area (Å²) in [6, 6.07) is 13.9. The monoisotopic (exact) mass is 862 g/mol. The number of ether oxygens (including phenoxy) is 8. The van der Waals surface area contributed by atoms with Crippen LogP contribution in [-0.4, -0.2) is 89.8 Å². The second-order valence-corrected chi connectivity index (χ2v) is 17.5. The lowest BCUT2D eigenvalue weighted by Gasteiger charge is -2.38. The van der Waals surface area contributed by atoms with Crippen molar-refractivity contribution in [2.24, 2.45) is 29.1 Å². The summed E-state index contributed by atoms with van der Waals surface area (Å²) in [5.41, 5.74) is 1.26. The summed E-state index contributed by atoms with van der Waals surface area (Å²) < 4.78 is 43.0. The van der Waals surface area contributed by atoms with Gasteiger partial charge in [0.05, 0.1) is 33.5 Å². The highest BCUT2D eigenvalue weighted by atomic mass is 16.6. The smallest absolute Gasteiger partial charge is 0.417 e. The third kappa shape index (κ3) is 14.9. The summed E-state index contributed by atoms with van der Waals surface area (Å²) in [7, 11) is 2.03. The first kappa shape index (κ1) is 48.1. The van der Waals surface area contributed by atoms with Crippen molar-refractivity contribution < 1.29 is 61.9 Å². The van der Waals surface area contributed by atoms with Gasteiger partial charge in [0, 0.05) is 5.57 Å². The van der Waals surface area contributed by atoms with Crippen molar-refractivity contribution in [3.63, 3.8) is 0 Å². The maximum atomic E-state index is 12.5. The molecule has 1 atom stereocenters. The lowest BCUT2D eigenvalue weighted by molar-refractivity contribution is -0.177. The van der Waals surface area contributed by atoms with Crippen molar-refractivity contribution in [3.8, 4) is 22.6 Å². The zero-order valence-electron chi connectivity index (χ0n) is 37.1. The van der Waals surface area contributed by atoms with Crippen LogP contribution >= 0.6 is 0 Å². The number of rotatable bonds is 22. The fourth-order valence-corrected chi connectivity index (χ4v) is 8.61. The number of carbonyl (C=O) groups excluding carboxylic acids is 5. The van der Waals surface area contributed by atoms with Gasteiger partial charge in [0.2, 0.25) is 0 Å². The lowest BCUT2D eigenvalue weighted by Crippen LogP contribution is -2.45. The van der Waals surface area contributed by atoms with E-state index in [2.05, 4.69) is 23.0 Å². The van der Waals surface area contributed by atoms with Crippen LogP contribution in [0.1, 0.15) is 103 Å². The zero-order chi connectivity index (χ0) is 44.5. The molecular formula is C49H66O13. The molecule has 2 saturated carbocycles. The number of carbonyl (C=O) groups is 5. The quantitative estimate of drug-likeness (QED) is 0.0279. The number of hydrogen-bond acceptors (Lipinski definition) is 13. The van der Waals surface area contributed by atoms with Gasteiger partial charge in [-0.25, -0.2) is 24.0 Å². The Kier molecular flexibility index (Phi) is 18.7. The van der Waals surface area contributed by atoms with Gasteiger partial charge in [-0.3, -0.25) is 0 Å². The summed E-state index contributed by atoms with van der Waals surface area (Å²) in [4.78, 5) is 61.1. The van der Waals surface area contributed by atoms with E-state index in [1.54, 1.807) is 0 Å². The van der Waals surface area contributed by atoms with Crippen LogP contribution in [0.5, 0.6) is 11.5 Å². The molecule has 0 aromatic heterocycles. The average molecular weight is 863 g/mol. The van der Waals surface area contributed by atoms with E-state index in [9.17, 15) is 24.0 Å². The average Bonchev–Trinajstić information content (AvgIpc) is 4.14. The summed E-state index contributed by atoms with van der Waals surface area (Å²) in [6.45, 7) is 6.61. The van der Waals surface area contributed by atoms with Crippen LogP contribution in [0.4, 0.5) is 0 Å². The van der Waals surface area contributed by atoms with Crippen LogP contribution < -0.4 is 9.47 Å². The van der Waals surface area contributed by atoms with Crippen molar-refractivity contribution >= 4 is 29.8 Å². The van der Waals surface area contributed by atoms with E-state index < -0.39 is 55.1 Å². The first-order valence-corrected chi connectivity index (χ1v) is 22.4. The van der Waals surface area contributed by atoms with Gasteiger partial charge < -0.3 is 37.9 Å². The molecule has 0 amide bonds. The summed E-state index contributed by atoms with van der Waals surface area (Å²) >= 11 is 0. The van der Waals surface area contributed by atoms with Gasteiger partial charge in [-0.2, -0.15) is 0 Å². The number of esters is 5. The van der Waals surface area contributed by atoms with E-state index in [0.29, 0.717) is 24.7 Å². The van der Waals surface area contributed by atoms with E-state index in [0.717, 1.165) is 67.4 Å². The van der Waals surface area contributed by atoms with E-state index in [1.807, 2.05) is 42.5 Å². The molecule has 0 N–H and O–H groups in total. The summed E-state index contributed by atoms with van der Waals surface area (Å²) in [5, 5.41) is 0. The Hall–Kier alpha value is -4.91. The lowest BCUT2D eigenvalue weighted by atomic mass is 9.69. The summed E-state index contributed by atoms with van der Waals surface area (Å²) in [5.74, 6) is -1.36. The van der Waals surface area contributed by atoms with Crippen LogP contribution in [0.3, 0.4) is 0 Å². The predicted octanol–water partition coefficient (Wildman–Crippen LogP) is 8.17. The maximum absolute atomic E-state index is 12.5. The molecule has 5 rings (SSSR count). The first-order chi connectivity index (χ1) is 29.9. The molecule has 1 saturated heterocycles. The van der Waals surface area contributed by atoms with E-state index in [-0.39, 0.29) is 18.3 Å². The minimum atomic E-state index is -1.60. The fraction of sp³-hybridized carbons (Fsp3) is 0.612. The standard InChI is InChI=1S/C49H66O13/c1-6-7-8-9-34-10-14-36(15-11-34)37-16-12-35(13-17-37)27-57-41-22-18-38(19-23-41)39-21-25-43(40(26-39)20-24-42-28-58-42)59-29-49(30-60-44(50)33(2)3,31-61-47(53)45(51)55-4)32-62-48(54)46(52)56-5/h18-19,21-23,25-26,34-37,42H,2,6-17,20,24,27-32H2,1,3-5H3. The Morgan fingerprint density at radius 3 is 1.74 bits per heavy atom. The molecule has 0 spiro atoms. The van der Waals surface area contributed by atoms with Crippen molar-refractivity contribution in [3.05, 3.63) is 60.2 Å². The minimum Gasteiger partial charge on any atom is -0.493 e. The number of unbranched alkanes of at least 4 members (excludes halogenated alkanes) is 2. The molecule has 3 fully saturated rings. The van der Waals surface area contributed by atoms with Crippen LogP contribution in [-0.2, 0) is 58.8 Å². The number of aryl methyl sites for hydroxylation is 1. The molecule has 3 aliphatic rings. The minimum absolute atomic E-state index is 0.0792. The molecule has 2 aromatic rings. The highest BCUT2D eigenvalue weighted by Gasteiger charge is 2.39. The third-order valence-electron chi connectivity index (χ3n) is 12.7. The maximum Gasteiger partial charge on any atom is 0.417 e. The molecule has 13 nitrogen and oxygen atoms in total. The van der Waals surface area contributed by atoms with Gasteiger partial charge in [0.15, 0.2) is 0 Å². The van der Waals surface area contributed by atoms with Crippen molar-refractivity contribution in [1.29, 1.82) is 0 Å². The highest BCUT2D eigenvalue weighted by Crippen LogP contribution is 2.42. The molecule has 1 heterocycles. The summed E-state index contributed by atoms with van der Waals surface area (Å²) in [6.07, 6.45) is 17.8. The second kappa shape index (κ2) is 24.1. The molecule has 13 heteroatoms. The van der Waals surface area contributed by atoms with Crippen molar-refractivity contribution in [2.75, 3.05) is 53.9 Å². The molecule has 2 aliphatic carbocycles. The highest BCUT2D eigenvalue weighted by molar-refractivity contribution is 6.30. The third-order valence-corrected chi connectivity index (χ3v) is 12.7. The normalized spacial score (nSPS) is 20.9. The Bertz CT molecular complexity index is 1770. The van der Waals surface area contributed by atoms with Crippen LogP contribution in [0, 0.1) is 29.1 Å². The number of benzene rings is 2. The number of epoxide rings is 1. The van der Waals surface area contributed by atoms with E-state index >= 15 is 0 Å². The Morgan fingerprint density at radius 2 is 1.21 bits per heavy atom. The first-order valence-electron chi connectivity index (χ1n) is 22.4. The van der Waals surface area contributed by atoms with Gasteiger partial charge in [0.25, 0.3) is 0 Å². The van der Waals surface area contributed by atoms with E-state index in [4.69, 9.17) is 28.4 Å². The Labute approximate surface area is 366 Å². The molecule has 62 heavy (non-hydrogen) atoms. The Balaban J connectivity index is 1.22. The fourth-order valence-electron chi connectivity index (χ4n) is 8.61. The molecule has 1 aliphatic heterocycles. The Morgan fingerprint density at radius 1 is 0.661 bits per heavy atom. The van der Waals surface area contributed by atoms with Gasteiger partial charge in [-0.05, 0) is 123 Å². The predicted molar refractivity (Wildman–Crippen MR) is 230 cm³/mol. The van der Waals surface area contributed by atoms with Crippen molar-refractivity contribution in [1.82, 2.24) is 0 Å². The van der Waals surface area contributed by atoms with Gasteiger partial charge in [0.1, 0.15) is 43.3 Å². The van der Waals surface area contributed by atoms with Crippen LogP contribution in [0.2, 0.25) is 0 Å². The molecule has 340 valence electrons.